The first-order valence-corrected chi connectivity index (χ1v) is 7.13. The van der Waals surface area contributed by atoms with Crippen molar-refractivity contribution in [2.75, 3.05) is 13.1 Å². The van der Waals surface area contributed by atoms with E-state index in [0.717, 1.165) is 13.1 Å². The molecule has 1 aromatic carbocycles. The molecule has 100 valence electrons. The number of hydrogen-bond acceptors (Lipinski definition) is 2. The van der Waals surface area contributed by atoms with Crippen molar-refractivity contribution in [1.29, 1.82) is 0 Å². The molecule has 1 aliphatic heterocycles. The molecule has 1 aliphatic rings. The van der Waals surface area contributed by atoms with Gasteiger partial charge in [0.2, 0.25) is 0 Å². The maximum Gasteiger partial charge on any atom is 0.0372 e. The van der Waals surface area contributed by atoms with Crippen LogP contribution in [0.4, 0.5) is 0 Å². The first kappa shape index (κ1) is 13.6. The van der Waals surface area contributed by atoms with Gasteiger partial charge in [-0.25, -0.2) is 0 Å². The maximum absolute atomic E-state index is 3.61. The number of nitrogens with zero attached hydrogens (tertiary/aromatic N) is 1. The quantitative estimate of drug-likeness (QED) is 0.882. The molecule has 1 heterocycles. The molecule has 18 heavy (non-hydrogen) atoms. The average Bonchev–Trinajstić information content (AvgIpc) is 2.28. The molecular formula is C16H26N2. The van der Waals surface area contributed by atoms with Crippen molar-refractivity contribution in [3.05, 3.63) is 35.9 Å². The maximum atomic E-state index is 3.61. The van der Waals surface area contributed by atoms with Crippen molar-refractivity contribution in [3.63, 3.8) is 0 Å². The van der Waals surface area contributed by atoms with Gasteiger partial charge in [-0.1, -0.05) is 44.2 Å². The summed E-state index contributed by atoms with van der Waals surface area (Å²) in [6, 6.07) is 12.6. The highest BCUT2D eigenvalue weighted by Crippen LogP contribution is 2.29. The van der Waals surface area contributed by atoms with Crippen LogP contribution in [0.5, 0.6) is 0 Å². The van der Waals surface area contributed by atoms with Gasteiger partial charge in [-0.15, -0.1) is 0 Å². The Morgan fingerprint density at radius 2 is 1.61 bits per heavy atom. The molecule has 3 unspecified atom stereocenters. The predicted octanol–water partition coefficient (Wildman–Crippen LogP) is 3.07. The minimum Gasteiger partial charge on any atom is -0.309 e. The number of piperazine rings is 1. The highest BCUT2D eigenvalue weighted by Gasteiger charge is 2.29. The van der Waals surface area contributed by atoms with Gasteiger partial charge in [0.25, 0.3) is 0 Å². The highest BCUT2D eigenvalue weighted by molar-refractivity contribution is 5.20. The molecule has 1 N–H and O–H groups in total. The number of hydrogen-bond donors (Lipinski definition) is 1. The number of benzene rings is 1. The normalized spacial score (nSPS) is 27.4. The van der Waals surface area contributed by atoms with Gasteiger partial charge in [0.05, 0.1) is 0 Å². The van der Waals surface area contributed by atoms with E-state index in [2.05, 4.69) is 68.2 Å². The Bertz CT molecular complexity index is 351. The molecule has 0 aliphatic carbocycles. The van der Waals surface area contributed by atoms with E-state index in [0.29, 0.717) is 24.0 Å². The summed E-state index contributed by atoms with van der Waals surface area (Å²) in [5.41, 5.74) is 1.45. The molecule has 2 nitrogen and oxygen atoms in total. The first-order valence-electron chi connectivity index (χ1n) is 7.13. The summed E-state index contributed by atoms with van der Waals surface area (Å²) in [7, 11) is 0. The summed E-state index contributed by atoms with van der Waals surface area (Å²) >= 11 is 0. The topological polar surface area (TPSA) is 15.3 Å². The van der Waals surface area contributed by atoms with Crippen molar-refractivity contribution in [1.82, 2.24) is 10.2 Å². The Morgan fingerprint density at radius 1 is 1.06 bits per heavy atom. The van der Waals surface area contributed by atoms with Crippen LogP contribution in [0.2, 0.25) is 0 Å². The molecule has 2 heteroatoms. The van der Waals surface area contributed by atoms with Crippen LogP contribution in [0.1, 0.15) is 39.3 Å². The Morgan fingerprint density at radius 3 is 2.11 bits per heavy atom. The summed E-state index contributed by atoms with van der Waals surface area (Å²) < 4.78 is 0. The molecule has 0 spiro atoms. The summed E-state index contributed by atoms with van der Waals surface area (Å²) in [6.07, 6.45) is 0. The molecule has 2 rings (SSSR count). The first-order chi connectivity index (χ1) is 8.58. The van der Waals surface area contributed by atoms with Crippen LogP contribution in [0, 0.1) is 5.92 Å². The van der Waals surface area contributed by atoms with Crippen molar-refractivity contribution in [3.8, 4) is 0 Å². The van der Waals surface area contributed by atoms with E-state index < -0.39 is 0 Å². The van der Waals surface area contributed by atoms with Gasteiger partial charge in [0.1, 0.15) is 0 Å². The Hall–Kier alpha value is -0.860. The average molecular weight is 246 g/mol. The SMILES string of the molecule is CC1CN(C(c2ccccc2)C(C)C)CC(C)N1. The minimum atomic E-state index is 0.540. The van der Waals surface area contributed by atoms with Gasteiger partial charge >= 0.3 is 0 Å². The van der Waals surface area contributed by atoms with Crippen LogP contribution in [0.15, 0.2) is 30.3 Å². The summed E-state index contributed by atoms with van der Waals surface area (Å²) in [5, 5.41) is 3.61. The zero-order valence-electron chi connectivity index (χ0n) is 12.1. The summed E-state index contributed by atoms with van der Waals surface area (Å²) in [4.78, 5) is 2.64. The lowest BCUT2D eigenvalue weighted by Gasteiger charge is -2.42. The van der Waals surface area contributed by atoms with Crippen molar-refractivity contribution < 1.29 is 0 Å². The van der Waals surface area contributed by atoms with Crippen LogP contribution in [0.3, 0.4) is 0 Å². The Kier molecular flexibility index (Phi) is 4.41. The van der Waals surface area contributed by atoms with Crippen molar-refractivity contribution >= 4 is 0 Å². The highest BCUT2D eigenvalue weighted by atomic mass is 15.2. The van der Waals surface area contributed by atoms with Crippen LogP contribution in [0.25, 0.3) is 0 Å². The lowest BCUT2D eigenvalue weighted by molar-refractivity contribution is 0.0957. The van der Waals surface area contributed by atoms with Crippen LogP contribution < -0.4 is 5.32 Å². The zero-order chi connectivity index (χ0) is 13.1. The van der Waals surface area contributed by atoms with Gasteiger partial charge in [-0.2, -0.15) is 0 Å². The zero-order valence-corrected chi connectivity index (χ0v) is 12.1. The standard InChI is InChI=1S/C16H26N2/c1-12(2)16(15-8-6-5-7-9-15)18-10-13(3)17-14(4)11-18/h5-9,12-14,16-17H,10-11H2,1-4H3. The van der Waals surface area contributed by atoms with Gasteiger partial charge in [-0.3, -0.25) is 4.90 Å². The molecule has 0 saturated carbocycles. The van der Waals surface area contributed by atoms with E-state index in [9.17, 15) is 0 Å². The van der Waals surface area contributed by atoms with Gasteiger partial charge in [-0.05, 0) is 25.3 Å². The monoisotopic (exact) mass is 246 g/mol. The van der Waals surface area contributed by atoms with Crippen molar-refractivity contribution in [2.24, 2.45) is 5.92 Å². The molecule has 0 radical (unpaired) electrons. The van der Waals surface area contributed by atoms with E-state index in [1.165, 1.54) is 5.56 Å². The van der Waals surface area contributed by atoms with E-state index in [-0.39, 0.29) is 0 Å². The van der Waals surface area contributed by atoms with Crippen LogP contribution >= 0.6 is 0 Å². The fraction of sp³-hybridized carbons (Fsp3) is 0.625. The van der Waals surface area contributed by atoms with Crippen molar-refractivity contribution in [2.45, 2.75) is 45.8 Å². The summed E-state index contributed by atoms with van der Waals surface area (Å²) in [5.74, 6) is 0.643. The molecule has 1 fully saturated rings. The fourth-order valence-electron chi connectivity index (χ4n) is 3.26. The third-order valence-electron chi connectivity index (χ3n) is 3.75. The lowest BCUT2D eigenvalue weighted by Crippen LogP contribution is -2.55. The molecule has 3 atom stereocenters. The summed E-state index contributed by atoms with van der Waals surface area (Å²) in [6.45, 7) is 11.5. The molecule has 1 saturated heterocycles. The predicted molar refractivity (Wildman–Crippen MR) is 77.7 cm³/mol. The van der Waals surface area contributed by atoms with Crippen LogP contribution in [-0.2, 0) is 0 Å². The lowest BCUT2D eigenvalue weighted by atomic mass is 9.92. The number of rotatable bonds is 3. The van der Waals surface area contributed by atoms with Gasteiger partial charge < -0.3 is 5.32 Å². The van der Waals surface area contributed by atoms with E-state index in [1.54, 1.807) is 0 Å². The Labute approximate surface area is 111 Å². The van der Waals surface area contributed by atoms with Crippen LogP contribution in [-0.4, -0.2) is 30.1 Å². The fourth-order valence-corrected chi connectivity index (χ4v) is 3.26. The van der Waals surface area contributed by atoms with E-state index in [4.69, 9.17) is 0 Å². The third-order valence-corrected chi connectivity index (χ3v) is 3.75. The van der Waals surface area contributed by atoms with E-state index >= 15 is 0 Å². The minimum absolute atomic E-state index is 0.540. The third kappa shape index (κ3) is 3.12. The van der Waals surface area contributed by atoms with Gasteiger partial charge in [0.15, 0.2) is 0 Å². The van der Waals surface area contributed by atoms with Gasteiger partial charge in [0, 0.05) is 31.2 Å². The second-order valence-electron chi connectivity index (χ2n) is 6.02. The van der Waals surface area contributed by atoms with E-state index in [1.807, 2.05) is 0 Å². The molecular weight excluding hydrogens is 220 g/mol. The second-order valence-corrected chi connectivity index (χ2v) is 6.02. The number of nitrogens with one attached hydrogen (secondary N) is 1. The second kappa shape index (κ2) is 5.85. The largest absolute Gasteiger partial charge is 0.309 e. The Balaban J connectivity index is 2.20. The molecule has 0 bridgehead atoms. The molecule has 1 aromatic rings. The molecule has 0 amide bonds. The molecule has 0 aromatic heterocycles. The smallest absolute Gasteiger partial charge is 0.0372 e.